The Labute approximate surface area is 134 Å². The third-order valence-corrected chi connectivity index (χ3v) is 4.35. The quantitative estimate of drug-likeness (QED) is 0.848. The highest BCUT2D eigenvalue weighted by molar-refractivity contribution is 6.04. The van der Waals surface area contributed by atoms with Crippen LogP contribution in [0.5, 0.6) is 0 Å². The van der Waals surface area contributed by atoms with Crippen molar-refractivity contribution in [3.05, 3.63) is 72.6 Å². The Morgan fingerprint density at radius 3 is 2.35 bits per heavy atom. The average molecular weight is 298 g/mol. The monoisotopic (exact) mass is 298 g/mol. The van der Waals surface area contributed by atoms with Crippen molar-refractivity contribution in [3.63, 3.8) is 0 Å². The van der Waals surface area contributed by atoms with Crippen LogP contribution < -0.4 is 10.2 Å². The van der Waals surface area contributed by atoms with E-state index >= 15 is 0 Å². The van der Waals surface area contributed by atoms with Crippen LogP contribution in [0.2, 0.25) is 0 Å². The summed E-state index contributed by atoms with van der Waals surface area (Å²) in [6.07, 6.45) is 7.87. The number of anilines is 4. The summed E-state index contributed by atoms with van der Waals surface area (Å²) in [6.45, 7) is 0. The maximum atomic E-state index is 4.39. The third kappa shape index (κ3) is 1.78. The number of hydrogen-bond acceptors (Lipinski definition) is 4. The van der Waals surface area contributed by atoms with Gasteiger partial charge >= 0.3 is 0 Å². The molecule has 0 saturated carbocycles. The van der Waals surface area contributed by atoms with Crippen LogP contribution in [-0.2, 0) is 0 Å². The van der Waals surface area contributed by atoms with Gasteiger partial charge in [-0.3, -0.25) is 0 Å². The number of rotatable bonds is 1. The van der Waals surface area contributed by atoms with Crippen molar-refractivity contribution in [3.8, 4) is 0 Å². The highest BCUT2D eigenvalue weighted by Crippen LogP contribution is 2.47. The fourth-order valence-electron chi connectivity index (χ4n) is 3.33. The first-order chi connectivity index (χ1) is 11.4. The van der Waals surface area contributed by atoms with Gasteiger partial charge in [0, 0.05) is 18.1 Å². The van der Waals surface area contributed by atoms with Crippen LogP contribution in [0, 0.1) is 5.92 Å². The maximum Gasteiger partial charge on any atom is 0.141 e. The number of aliphatic imine (C=N–C) groups is 2. The summed E-state index contributed by atoms with van der Waals surface area (Å²) < 4.78 is 0. The zero-order valence-corrected chi connectivity index (χ0v) is 12.3. The Kier molecular flexibility index (Phi) is 2.52. The molecular weight excluding hydrogens is 284 g/mol. The molecule has 4 heteroatoms. The van der Waals surface area contributed by atoms with Gasteiger partial charge in [0.05, 0.1) is 28.7 Å². The van der Waals surface area contributed by atoms with Crippen molar-refractivity contribution in [1.82, 2.24) is 0 Å². The molecule has 3 heterocycles. The Hall–Kier alpha value is -3.14. The van der Waals surface area contributed by atoms with Crippen LogP contribution >= 0.6 is 0 Å². The second-order valence-corrected chi connectivity index (χ2v) is 5.67. The van der Waals surface area contributed by atoms with E-state index in [0.717, 1.165) is 28.6 Å². The Morgan fingerprint density at radius 2 is 1.61 bits per heavy atom. The van der Waals surface area contributed by atoms with E-state index in [1.165, 1.54) is 5.70 Å². The third-order valence-electron chi connectivity index (χ3n) is 4.35. The van der Waals surface area contributed by atoms with Gasteiger partial charge in [0.25, 0.3) is 0 Å². The van der Waals surface area contributed by atoms with Gasteiger partial charge in [0.1, 0.15) is 5.84 Å². The largest absolute Gasteiger partial charge is 0.352 e. The van der Waals surface area contributed by atoms with E-state index in [1.54, 1.807) is 0 Å². The van der Waals surface area contributed by atoms with Crippen molar-refractivity contribution in [2.24, 2.45) is 15.9 Å². The summed E-state index contributed by atoms with van der Waals surface area (Å²) in [5, 5.41) is 3.52. The molecule has 0 saturated heterocycles. The van der Waals surface area contributed by atoms with E-state index in [1.807, 2.05) is 12.4 Å². The van der Waals surface area contributed by atoms with Crippen LogP contribution in [0.3, 0.4) is 0 Å². The number of amidine groups is 1. The van der Waals surface area contributed by atoms with E-state index in [2.05, 4.69) is 80.9 Å². The second-order valence-electron chi connectivity index (χ2n) is 5.67. The summed E-state index contributed by atoms with van der Waals surface area (Å²) in [7, 11) is 0. The number of benzene rings is 2. The molecule has 2 aromatic carbocycles. The van der Waals surface area contributed by atoms with Crippen molar-refractivity contribution in [2.75, 3.05) is 10.2 Å². The molecule has 0 spiro atoms. The number of fused-ring (bicyclic) bond motifs is 3. The lowest BCUT2D eigenvalue weighted by Gasteiger charge is -2.37. The number of nitrogens with one attached hydrogen (secondary N) is 1. The predicted octanol–water partition coefficient (Wildman–Crippen LogP) is 4.39. The molecule has 0 fully saturated rings. The number of para-hydroxylation sites is 4. The molecule has 5 rings (SSSR count). The summed E-state index contributed by atoms with van der Waals surface area (Å²) in [5.74, 6) is 0.968. The zero-order valence-electron chi connectivity index (χ0n) is 12.3. The molecule has 0 bridgehead atoms. The molecule has 110 valence electrons. The highest BCUT2D eigenvalue weighted by atomic mass is 15.2. The van der Waals surface area contributed by atoms with E-state index in [0.29, 0.717) is 0 Å². The minimum Gasteiger partial charge on any atom is -0.352 e. The first kappa shape index (κ1) is 12.4. The minimum absolute atomic E-state index is 0.110. The molecule has 0 aliphatic carbocycles. The van der Waals surface area contributed by atoms with Crippen LogP contribution in [0.4, 0.5) is 22.7 Å². The van der Waals surface area contributed by atoms with E-state index < -0.39 is 0 Å². The van der Waals surface area contributed by atoms with Crippen LogP contribution in [0.15, 0.2) is 82.6 Å². The maximum absolute atomic E-state index is 4.39. The number of allylic oxidation sites excluding steroid dienone is 1. The first-order valence-corrected chi connectivity index (χ1v) is 7.66. The van der Waals surface area contributed by atoms with Gasteiger partial charge in [-0.2, -0.15) is 0 Å². The Morgan fingerprint density at radius 1 is 0.913 bits per heavy atom. The average Bonchev–Trinajstić information content (AvgIpc) is 3.08. The predicted molar refractivity (Wildman–Crippen MR) is 94.9 cm³/mol. The van der Waals surface area contributed by atoms with Gasteiger partial charge in [-0.05, 0) is 36.4 Å². The van der Waals surface area contributed by atoms with Gasteiger partial charge in [0.2, 0.25) is 0 Å². The van der Waals surface area contributed by atoms with Crippen LogP contribution in [0.25, 0.3) is 0 Å². The van der Waals surface area contributed by atoms with Gasteiger partial charge < -0.3 is 10.2 Å². The Bertz CT molecular complexity index is 875. The Balaban J connectivity index is 1.74. The van der Waals surface area contributed by atoms with Crippen molar-refractivity contribution in [2.45, 2.75) is 0 Å². The van der Waals surface area contributed by atoms with Crippen molar-refractivity contribution >= 4 is 34.8 Å². The normalized spacial score (nSPS) is 20.2. The second kappa shape index (κ2) is 4.68. The van der Waals surface area contributed by atoms with E-state index in [4.69, 9.17) is 0 Å². The lowest BCUT2D eigenvalue weighted by atomic mass is 9.98. The van der Waals surface area contributed by atoms with Gasteiger partial charge in [-0.1, -0.05) is 24.3 Å². The standard InChI is InChI=1S/C19H14N4/c1-3-7-17-14(5-1)22-15-6-2-4-8-18(15)23(17)16-10-12-21-19-13(16)9-11-20-19/h1-13,22H. The number of hydrogen-bond donors (Lipinski definition) is 1. The SMILES string of the molecule is C1=CC2C(N3c4ccccc4Nc4ccccc43)=CC=NC2=N1. The smallest absolute Gasteiger partial charge is 0.141 e. The van der Waals surface area contributed by atoms with Crippen LogP contribution in [0.1, 0.15) is 0 Å². The lowest BCUT2D eigenvalue weighted by molar-refractivity contribution is 0.954. The number of dihydropyridines is 1. The fourth-order valence-corrected chi connectivity index (χ4v) is 3.33. The molecule has 4 nitrogen and oxygen atoms in total. The molecular formula is C19H14N4. The summed E-state index contributed by atoms with van der Waals surface area (Å²) in [5.41, 5.74) is 5.68. The summed E-state index contributed by atoms with van der Waals surface area (Å²) in [6, 6.07) is 16.7. The first-order valence-electron chi connectivity index (χ1n) is 7.66. The van der Waals surface area contributed by atoms with Crippen LogP contribution in [-0.4, -0.2) is 12.1 Å². The fraction of sp³-hybridized carbons (Fsp3) is 0.0526. The van der Waals surface area contributed by atoms with Crippen molar-refractivity contribution in [1.29, 1.82) is 0 Å². The molecule has 1 unspecified atom stereocenters. The zero-order chi connectivity index (χ0) is 15.2. The summed E-state index contributed by atoms with van der Waals surface area (Å²) in [4.78, 5) is 11.1. The topological polar surface area (TPSA) is 40.0 Å². The number of nitrogens with zero attached hydrogens (tertiary/aromatic N) is 3. The molecule has 3 aliphatic rings. The molecule has 2 aromatic rings. The van der Waals surface area contributed by atoms with Gasteiger partial charge in [-0.15, -0.1) is 0 Å². The molecule has 3 aliphatic heterocycles. The van der Waals surface area contributed by atoms with E-state index in [-0.39, 0.29) is 5.92 Å². The summed E-state index contributed by atoms with van der Waals surface area (Å²) >= 11 is 0. The molecule has 0 amide bonds. The lowest BCUT2D eigenvalue weighted by Crippen LogP contribution is -2.29. The highest BCUT2D eigenvalue weighted by Gasteiger charge is 2.32. The molecule has 1 atom stereocenters. The molecule has 1 N–H and O–H groups in total. The molecule has 0 radical (unpaired) electrons. The molecule has 0 aromatic heterocycles. The van der Waals surface area contributed by atoms with E-state index in [9.17, 15) is 0 Å². The van der Waals surface area contributed by atoms with Gasteiger partial charge in [0.15, 0.2) is 0 Å². The molecule has 23 heavy (non-hydrogen) atoms. The minimum atomic E-state index is 0.110. The van der Waals surface area contributed by atoms with Gasteiger partial charge in [-0.25, -0.2) is 9.98 Å². The van der Waals surface area contributed by atoms with Crippen molar-refractivity contribution < 1.29 is 0 Å².